The van der Waals surface area contributed by atoms with Crippen molar-refractivity contribution in [1.29, 1.82) is 0 Å². The molecule has 0 amide bonds. The lowest BCUT2D eigenvalue weighted by atomic mass is 10.1. The number of ether oxygens (including phenoxy) is 1. The summed E-state index contributed by atoms with van der Waals surface area (Å²) in [5.74, 6) is 0. The van der Waals surface area contributed by atoms with Gasteiger partial charge in [-0.05, 0) is 37.0 Å². The van der Waals surface area contributed by atoms with Crippen LogP contribution in [0.15, 0.2) is 28.9 Å². The summed E-state index contributed by atoms with van der Waals surface area (Å²) in [6.07, 6.45) is 10.0. The molecule has 2 unspecified atom stereocenters. The summed E-state index contributed by atoms with van der Waals surface area (Å²) in [5.41, 5.74) is 2.63. The molecule has 0 bridgehead atoms. The van der Waals surface area contributed by atoms with Gasteiger partial charge in [-0.2, -0.15) is 5.10 Å². The number of methoxy groups -OCH3 is 1. The van der Waals surface area contributed by atoms with Gasteiger partial charge < -0.3 is 4.74 Å². The van der Waals surface area contributed by atoms with Crippen molar-refractivity contribution in [2.75, 3.05) is 20.3 Å². The molecule has 1 aliphatic carbocycles. The smallest absolute Gasteiger partial charge is 0.0767 e. The van der Waals surface area contributed by atoms with Gasteiger partial charge in [0.1, 0.15) is 0 Å². The highest BCUT2D eigenvalue weighted by Gasteiger charge is 2.26. The fourth-order valence-electron chi connectivity index (χ4n) is 2.97. The van der Waals surface area contributed by atoms with Crippen molar-refractivity contribution < 1.29 is 4.74 Å². The number of hydrogen-bond acceptors (Lipinski definition) is 4. The first-order valence-corrected chi connectivity index (χ1v) is 8.91. The molecule has 2 atom stereocenters. The van der Waals surface area contributed by atoms with Gasteiger partial charge in [-0.25, -0.2) is 0 Å². The lowest BCUT2D eigenvalue weighted by Crippen LogP contribution is -2.31. The monoisotopic (exact) mass is 308 g/mol. The predicted molar refractivity (Wildman–Crippen MR) is 93.1 cm³/mol. The van der Waals surface area contributed by atoms with Crippen LogP contribution in [-0.2, 0) is 4.74 Å². The van der Waals surface area contributed by atoms with E-state index in [2.05, 4.69) is 44.0 Å². The van der Waals surface area contributed by atoms with E-state index >= 15 is 0 Å². The van der Waals surface area contributed by atoms with E-state index in [1.54, 1.807) is 7.11 Å². The Morgan fingerprint density at radius 3 is 2.90 bits per heavy atom. The minimum absolute atomic E-state index is 0.431. The van der Waals surface area contributed by atoms with Crippen molar-refractivity contribution in [2.24, 2.45) is 5.10 Å². The summed E-state index contributed by atoms with van der Waals surface area (Å²) < 4.78 is 5.35. The second kappa shape index (κ2) is 8.04. The van der Waals surface area contributed by atoms with Gasteiger partial charge >= 0.3 is 0 Å². The van der Waals surface area contributed by atoms with Crippen molar-refractivity contribution in [3.05, 3.63) is 23.8 Å². The molecule has 1 aliphatic heterocycles. The quantitative estimate of drug-likeness (QED) is 0.667. The van der Waals surface area contributed by atoms with Crippen molar-refractivity contribution in [2.45, 2.75) is 56.6 Å². The first-order chi connectivity index (χ1) is 10.1. The van der Waals surface area contributed by atoms with Crippen LogP contribution in [0, 0.1) is 0 Å². The van der Waals surface area contributed by atoms with Crippen molar-refractivity contribution in [1.82, 2.24) is 5.01 Å². The summed E-state index contributed by atoms with van der Waals surface area (Å²) in [7, 11) is 1.78. The summed E-state index contributed by atoms with van der Waals surface area (Å²) in [6, 6.07) is 0.441. The summed E-state index contributed by atoms with van der Waals surface area (Å²) in [4.78, 5) is 0. The Bertz CT molecular complexity index is 429. The molecule has 0 spiro atoms. The van der Waals surface area contributed by atoms with Crippen LogP contribution < -0.4 is 0 Å². The number of thioether (sulfide) groups is 1. The molecule has 0 radical (unpaired) electrons. The highest BCUT2D eigenvalue weighted by atomic mass is 32.2. The fourth-order valence-corrected chi connectivity index (χ4v) is 4.11. The Morgan fingerprint density at radius 1 is 1.48 bits per heavy atom. The first-order valence-electron chi connectivity index (χ1n) is 7.97. The number of hydrogen-bond donors (Lipinski definition) is 0. The van der Waals surface area contributed by atoms with Crippen LogP contribution >= 0.6 is 11.8 Å². The molecule has 1 heterocycles. The highest BCUT2D eigenvalue weighted by Crippen LogP contribution is 2.27. The first kappa shape index (κ1) is 16.6. The van der Waals surface area contributed by atoms with Crippen molar-refractivity contribution >= 4 is 17.5 Å². The molecule has 2 aliphatic rings. The molecule has 0 aromatic rings. The van der Waals surface area contributed by atoms with E-state index in [1.165, 1.54) is 24.1 Å². The molecule has 3 nitrogen and oxygen atoms in total. The molecular formula is C17H28N2OS. The maximum Gasteiger partial charge on any atom is 0.0767 e. The van der Waals surface area contributed by atoms with Gasteiger partial charge in [-0.3, -0.25) is 5.01 Å². The lowest BCUT2D eigenvalue weighted by Gasteiger charge is -2.25. The Kier molecular flexibility index (Phi) is 6.37. The van der Waals surface area contributed by atoms with E-state index in [0.717, 1.165) is 19.6 Å². The van der Waals surface area contributed by atoms with Crippen LogP contribution in [0.25, 0.3) is 0 Å². The van der Waals surface area contributed by atoms with Gasteiger partial charge in [0.25, 0.3) is 0 Å². The Labute approximate surface area is 133 Å². The van der Waals surface area contributed by atoms with Crippen LogP contribution in [0.3, 0.4) is 0 Å². The average molecular weight is 308 g/mol. The number of rotatable bonds is 7. The molecule has 0 aromatic carbocycles. The lowest BCUT2D eigenvalue weighted by molar-refractivity contribution is 0.118. The minimum Gasteiger partial charge on any atom is -0.382 e. The van der Waals surface area contributed by atoms with Gasteiger partial charge in [0.05, 0.1) is 18.4 Å². The predicted octanol–water partition coefficient (Wildman–Crippen LogP) is 3.87. The number of hydrazone groups is 1. The normalized spacial score (nSPS) is 24.0. The van der Waals surface area contributed by atoms with Crippen LogP contribution in [0.5, 0.6) is 0 Å². The topological polar surface area (TPSA) is 24.8 Å². The molecule has 21 heavy (non-hydrogen) atoms. The summed E-state index contributed by atoms with van der Waals surface area (Å²) in [5, 5.41) is 8.36. The van der Waals surface area contributed by atoms with E-state index in [9.17, 15) is 0 Å². The second-order valence-electron chi connectivity index (χ2n) is 6.05. The average Bonchev–Trinajstić information content (AvgIpc) is 3.06. The number of nitrogens with zero attached hydrogens (tertiary/aromatic N) is 2. The zero-order valence-corrected chi connectivity index (χ0v) is 14.5. The third-order valence-corrected chi connectivity index (χ3v) is 5.08. The van der Waals surface area contributed by atoms with E-state index in [1.807, 2.05) is 11.8 Å². The van der Waals surface area contributed by atoms with Gasteiger partial charge in [0.2, 0.25) is 0 Å². The molecule has 1 fully saturated rings. The minimum atomic E-state index is 0.431. The SMILES string of the molecule is COCC1CCCN1/N=C(\C1=CC=CC1)C(C)SC(C)C. The molecule has 0 N–H and O–H groups in total. The van der Waals surface area contributed by atoms with Crippen molar-refractivity contribution in [3.63, 3.8) is 0 Å². The van der Waals surface area contributed by atoms with Gasteiger partial charge in [0, 0.05) is 18.9 Å². The largest absolute Gasteiger partial charge is 0.382 e. The van der Waals surface area contributed by atoms with Crippen LogP contribution in [0.1, 0.15) is 40.0 Å². The molecular weight excluding hydrogens is 280 g/mol. The fraction of sp³-hybridized carbons (Fsp3) is 0.706. The molecule has 0 saturated carbocycles. The van der Waals surface area contributed by atoms with E-state index < -0.39 is 0 Å². The maximum atomic E-state index is 5.35. The standard InChI is InChI=1S/C17H28N2OS/c1-13(2)21-14(3)17(15-8-5-6-9-15)18-19-11-7-10-16(19)12-20-4/h5-6,8,13-14,16H,7,9-12H2,1-4H3/b18-17-. The highest BCUT2D eigenvalue weighted by molar-refractivity contribution is 8.01. The third kappa shape index (κ3) is 4.62. The molecule has 2 rings (SSSR count). The zero-order chi connectivity index (χ0) is 15.2. The summed E-state index contributed by atoms with van der Waals surface area (Å²) >= 11 is 1.99. The van der Waals surface area contributed by atoms with Gasteiger partial charge in [0.15, 0.2) is 0 Å². The number of allylic oxidation sites excluding steroid dienone is 4. The zero-order valence-electron chi connectivity index (χ0n) is 13.7. The van der Waals surface area contributed by atoms with Crippen molar-refractivity contribution in [3.8, 4) is 0 Å². The maximum absolute atomic E-state index is 5.35. The third-order valence-electron chi connectivity index (χ3n) is 3.90. The second-order valence-corrected chi connectivity index (χ2v) is 7.97. The van der Waals surface area contributed by atoms with E-state index in [-0.39, 0.29) is 0 Å². The van der Waals surface area contributed by atoms with Crippen LogP contribution in [-0.4, -0.2) is 47.5 Å². The van der Waals surface area contributed by atoms with Crippen LogP contribution in [0.2, 0.25) is 0 Å². The molecule has 1 saturated heterocycles. The van der Waals surface area contributed by atoms with Crippen LogP contribution in [0.4, 0.5) is 0 Å². The summed E-state index contributed by atoms with van der Waals surface area (Å²) in [6.45, 7) is 8.62. The Morgan fingerprint density at radius 2 is 2.29 bits per heavy atom. The molecule has 0 aromatic heterocycles. The van der Waals surface area contributed by atoms with E-state index in [0.29, 0.717) is 16.5 Å². The Balaban J connectivity index is 2.15. The Hall–Kier alpha value is -0.740. The molecule has 118 valence electrons. The van der Waals surface area contributed by atoms with Gasteiger partial charge in [-0.15, -0.1) is 11.8 Å². The van der Waals surface area contributed by atoms with E-state index in [4.69, 9.17) is 9.84 Å². The molecule has 4 heteroatoms. The van der Waals surface area contributed by atoms with Gasteiger partial charge in [-0.1, -0.05) is 32.1 Å².